The van der Waals surface area contributed by atoms with Crippen molar-refractivity contribution in [1.82, 2.24) is 10.2 Å². The van der Waals surface area contributed by atoms with E-state index in [2.05, 4.69) is 11.4 Å². The van der Waals surface area contributed by atoms with Crippen molar-refractivity contribution in [3.63, 3.8) is 0 Å². The average molecular weight is 247 g/mol. The minimum absolute atomic E-state index is 0.208. The molecule has 0 bridgehead atoms. The Bertz CT molecular complexity index is 417. The van der Waals surface area contributed by atoms with E-state index in [1.54, 1.807) is 0 Å². The van der Waals surface area contributed by atoms with E-state index in [0.29, 0.717) is 6.42 Å². The number of nitrogens with one attached hydrogen (secondary N) is 1. The van der Waals surface area contributed by atoms with E-state index >= 15 is 0 Å². The highest BCUT2D eigenvalue weighted by molar-refractivity contribution is 5.94. The van der Waals surface area contributed by atoms with Crippen LogP contribution in [0.25, 0.3) is 0 Å². The van der Waals surface area contributed by atoms with Crippen molar-refractivity contribution >= 4 is 11.6 Å². The van der Waals surface area contributed by atoms with Gasteiger partial charge in [0.15, 0.2) is 0 Å². The first-order chi connectivity index (χ1) is 8.68. The second-order valence-corrected chi connectivity index (χ2v) is 4.90. The number of anilines is 1. The molecule has 18 heavy (non-hydrogen) atoms. The zero-order chi connectivity index (χ0) is 13.0. The third-order valence-electron chi connectivity index (χ3n) is 3.18. The van der Waals surface area contributed by atoms with Crippen molar-refractivity contribution in [2.24, 2.45) is 0 Å². The number of amides is 1. The summed E-state index contributed by atoms with van der Waals surface area (Å²) < 4.78 is 0. The van der Waals surface area contributed by atoms with Gasteiger partial charge in [0.2, 0.25) is 5.91 Å². The molecule has 0 aliphatic carbocycles. The zero-order valence-corrected chi connectivity index (χ0v) is 11.1. The Labute approximate surface area is 109 Å². The van der Waals surface area contributed by atoms with Crippen LogP contribution in [0.2, 0.25) is 0 Å². The maximum Gasteiger partial charge on any atom is 0.228 e. The van der Waals surface area contributed by atoms with Crippen molar-refractivity contribution in [2.45, 2.75) is 13.0 Å². The summed E-state index contributed by atoms with van der Waals surface area (Å²) in [5.74, 6) is 0.208. The summed E-state index contributed by atoms with van der Waals surface area (Å²) in [7, 11) is 3.98. The van der Waals surface area contributed by atoms with Crippen molar-refractivity contribution in [1.29, 1.82) is 0 Å². The van der Waals surface area contributed by atoms with E-state index in [1.165, 1.54) is 5.56 Å². The van der Waals surface area contributed by atoms with Gasteiger partial charge in [-0.05, 0) is 25.7 Å². The number of hydrogen-bond acceptors (Lipinski definition) is 3. The van der Waals surface area contributed by atoms with Gasteiger partial charge in [0.25, 0.3) is 0 Å². The van der Waals surface area contributed by atoms with Gasteiger partial charge < -0.3 is 15.1 Å². The molecule has 0 saturated heterocycles. The van der Waals surface area contributed by atoms with E-state index < -0.39 is 0 Å². The topological polar surface area (TPSA) is 35.6 Å². The highest BCUT2D eigenvalue weighted by Crippen LogP contribution is 2.22. The quantitative estimate of drug-likeness (QED) is 0.868. The van der Waals surface area contributed by atoms with Gasteiger partial charge in [0.05, 0.1) is 0 Å². The summed E-state index contributed by atoms with van der Waals surface area (Å²) >= 11 is 0. The van der Waals surface area contributed by atoms with Crippen LogP contribution in [-0.4, -0.2) is 44.5 Å². The molecular formula is C14H21N3O. The molecule has 1 N–H and O–H groups in total. The second kappa shape index (κ2) is 5.98. The largest absolute Gasteiger partial charge is 0.311 e. The molecule has 0 saturated carbocycles. The molecule has 0 aromatic heterocycles. The van der Waals surface area contributed by atoms with Crippen LogP contribution in [0.15, 0.2) is 24.3 Å². The Morgan fingerprint density at radius 1 is 1.39 bits per heavy atom. The highest BCUT2D eigenvalue weighted by atomic mass is 16.2. The number of fused-ring (bicyclic) bond motifs is 1. The van der Waals surface area contributed by atoms with Gasteiger partial charge in [-0.3, -0.25) is 4.79 Å². The fourth-order valence-electron chi connectivity index (χ4n) is 2.17. The number of para-hydroxylation sites is 1. The standard InChI is InChI=1S/C14H21N3O/c1-16(2)9-7-14(18)17-10-8-15-11-12-5-3-4-6-13(12)17/h3-6,15H,7-11H2,1-2H3. The lowest BCUT2D eigenvalue weighted by atomic mass is 10.1. The first kappa shape index (κ1) is 13.1. The Hall–Kier alpha value is -1.39. The number of carbonyl (C=O) groups excluding carboxylic acids is 1. The molecule has 0 fully saturated rings. The molecule has 1 amide bonds. The van der Waals surface area contributed by atoms with Gasteiger partial charge in [-0.1, -0.05) is 18.2 Å². The van der Waals surface area contributed by atoms with E-state index in [0.717, 1.165) is 31.9 Å². The summed E-state index contributed by atoms with van der Waals surface area (Å²) in [6, 6.07) is 8.14. The lowest BCUT2D eigenvalue weighted by Crippen LogP contribution is -2.36. The van der Waals surface area contributed by atoms with Crippen LogP contribution in [0.3, 0.4) is 0 Å². The van der Waals surface area contributed by atoms with Crippen molar-refractivity contribution < 1.29 is 4.79 Å². The van der Waals surface area contributed by atoms with E-state index in [9.17, 15) is 4.79 Å². The predicted molar refractivity (Wildman–Crippen MR) is 73.7 cm³/mol. The molecule has 0 atom stereocenters. The lowest BCUT2D eigenvalue weighted by molar-refractivity contribution is -0.118. The Kier molecular flexibility index (Phi) is 4.33. The maximum absolute atomic E-state index is 12.3. The molecular weight excluding hydrogens is 226 g/mol. The smallest absolute Gasteiger partial charge is 0.228 e. The van der Waals surface area contributed by atoms with Gasteiger partial charge >= 0.3 is 0 Å². The average Bonchev–Trinajstić information content (AvgIpc) is 2.58. The van der Waals surface area contributed by atoms with E-state index in [-0.39, 0.29) is 5.91 Å². The summed E-state index contributed by atoms with van der Waals surface area (Å²) in [6.45, 7) is 3.24. The zero-order valence-electron chi connectivity index (χ0n) is 11.1. The molecule has 1 aliphatic heterocycles. The number of nitrogens with zero attached hydrogens (tertiary/aromatic N) is 2. The second-order valence-electron chi connectivity index (χ2n) is 4.90. The maximum atomic E-state index is 12.3. The van der Waals surface area contributed by atoms with Crippen molar-refractivity contribution in [2.75, 3.05) is 38.6 Å². The van der Waals surface area contributed by atoms with E-state index in [4.69, 9.17) is 0 Å². The fourth-order valence-corrected chi connectivity index (χ4v) is 2.17. The summed E-state index contributed by atoms with van der Waals surface area (Å²) in [6.07, 6.45) is 0.571. The Morgan fingerprint density at radius 3 is 2.94 bits per heavy atom. The van der Waals surface area contributed by atoms with Crippen molar-refractivity contribution in [3.05, 3.63) is 29.8 Å². The van der Waals surface area contributed by atoms with Crippen LogP contribution >= 0.6 is 0 Å². The van der Waals surface area contributed by atoms with Gasteiger partial charge in [-0.2, -0.15) is 0 Å². The van der Waals surface area contributed by atoms with Crippen LogP contribution in [0.1, 0.15) is 12.0 Å². The van der Waals surface area contributed by atoms with Crippen LogP contribution in [-0.2, 0) is 11.3 Å². The molecule has 2 rings (SSSR count). The molecule has 0 radical (unpaired) electrons. The van der Waals surface area contributed by atoms with E-state index in [1.807, 2.05) is 42.1 Å². The van der Waals surface area contributed by atoms with Gasteiger partial charge in [-0.15, -0.1) is 0 Å². The Balaban J connectivity index is 2.14. The third kappa shape index (κ3) is 3.09. The number of rotatable bonds is 3. The predicted octanol–water partition coefficient (Wildman–Crippen LogP) is 1.07. The molecule has 98 valence electrons. The third-order valence-corrected chi connectivity index (χ3v) is 3.18. The van der Waals surface area contributed by atoms with Crippen LogP contribution < -0.4 is 10.2 Å². The van der Waals surface area contributed by atoms with Gasteiger partial charge in [-0.25, -0.2) is 0 Å². The summed E-state index contributed by atoms with van der Waals surface area (Å²) in [5.41, 5.74) is 2.26. The van der Waals surface area contributed by atoms with Crippen molar-refractivity contribution in [3.8, 4) is 0 Å². The fraction of sp³-hybridized carbons (Fsp3) is 0.500. The molecule has 0 unspecified atom stereocenters. The summed E-state index contributed by atoms with van der Waals surface area (Å²) in [5, 5.41) is 3.35. The molecule has 1 heterocycles. The van der Waals surface area contributed by atoms with Crippen LogP contribution in [0.5, 0.6) is 0 Å². The van der Waals surface area contributed by atoms with Gasteiger partial charge in [0.1, 0.15) is 0 Å². The first-order valence-corrected chi connectivity index (χ1v) is 6.42. The minimum atomic E-state index is 0.208. The molecule has 0 spiro atoms. The summed E-state index contributed by atoms with van der Waals surface area (Å²) in [4.78, 5) is 16.2. The monoisotopic (exact) mass is 247 g/mol. The minimum Gasteiger partial charge on any atom is -0.311 e. The molecule has 1 aromatic carbocycles. The molecule has 4 heteroatoms. The first-order valence-electron chi connectivity index (χ1n) is 6.42. The highest BCUT2D eigenvalue weighted by Gasteiger charge is 2.20. The Morgan fingerprint density at radius 2 is 2.17 bits per heavy atom. The normalized spacial score (nSPS) is 15.4. The van der Waals surface area contributed by atoms with Crippen LogP contribution in [0.4, 0.5) is 5.69 Å². The molecule has 4 nitrogen and oxygen atoms in total. The molecule has 1 aromatic rings. The van der Waals surface area contributed by atoms with Gasteiger partial charge in [0, 0.05) is 38.3 Å². The molecule has 1 aliphatic rings. The lowest BCUT2D eigenvalue weighted by Gasteiger charge is -2.23. The number of carbonyl (C=O) groups is 1. The number of hydrogen-bond donors (Lipinski definition) is 1. The SMILES string of the molecule is CN(C)CCC(=O)N1CCNCc2ccccc21. The number of benzene rings is 1. The van der Waals surface area contributed by atoms with Crippen LogP contribution in [0, 0.1) is 0 Å².